The number of halogens is 1. The third-order valence-corrected chi connectivity index (χ3v) is 3.67. The fourth-order valence-corrected chi connectivity index (χ4v) is 2.54. The molecule has 1 unspecified atom stereocenters. The summed E-state index contributed by atoms with van der Waals surface area (Å²) in [5.41, 5.74) is 0. The van der Waals surface area contributed by atoms with E-state index in [1.54, 1.807) is 0 Å². The Kier molecular flexibility index (Phi) is 5.49. The Bertz CT molecular complexity index is 206. The van der Waals surface area contributed by atoms with Gasteiger partial charge in [0, 0.05) is 10.8 Å². The summed E-state index contributed by atoms with van der Waals surface area (Å²) in [6.07, 6.45) is 4.98. The molecular weight excluding hydrogens is 200 g/mol. The van der Waals surface area contributed by atoms with E-state index in [4.69, 9.17) is 11.6 Å². The molecule has 13 heavy (non-hydrogen) atoms. The van der Waals surface area contributed by atoms with Crippen LogP contribution in [0.15, 0.2) is 17.5 Å². The fraction of sp³-hybridized carbons (Fsp3) is 0.636. The van der Waals surface area contributed by atoms with Crippen LogP contribution in [0, 0.1) is 5.92 Å². The lowest BCUT2D eigenvalue weighted by Gasteiger charge is -2.10. The lowest BCUT2D eigenvalue weighted by atomic mass is 10.00. The summed E-state index contributed by atoms with van der Waals surface area (Å²) in [4.78, 5) is 1.49. The molecule has 1 heterocycles. The van der Waals surface area contributed by atoms with E-state index in [-0.39, 0.29) is 0 Å². The van der Waals surface area contributed by atoms with Gasteiger partial charge in [0.15, 0.2) is 0 Å². The molecule has 0 saturated heterocycles. The van der Waals surface area contributed by atoms with E-state index in [0.29, 0.717) is 5.92 Å². The number of thiophene rings is 1. The van der Waals surface area contributed by atoms with Crippen molar-refractivity contribution in [3.8, 4) is 0 Å². The molecule has 0 bridgehead atoms. The molecule has 0 saturated carbocycles. The smallest absolute Gasteiger partial charge is 0.0251 e. The van der Waals surface area contributed by atoms with Crippen molar-refractivity contribution in [3.05, 3.63) is 22.4 Å². The predicted octanol–water partition coefficient (Wildman–Crippen LogP) is 4.34. The minimum Gasteiger partial charge on any atom is -0.149 e. The highest BCUT2D eigenvalue weighted by Crippen LogP contribution is 2.18. The van der Waals surface area contributed by atoms with Gasteiger partial charge < -0.3 is 0 Å². The van der Waals surface area contributed by atoms with Gasteiger partial charge in [-0.3, -0.25) is 0 Å². The molecule has 1 aromatic heterocycles. The van der Waals surface area contributed by atoms with Crippen LogP contribution in [-0.2, 0) is 6.42 Å². The summed E-state index contributed by atoms with van der Waals surface area (Å²) < 4.78 is 0. The predicted molar refractivity (Wildman–Crippen MR) is 61.8 cm³/mol. The number of alkyl halides is 1. The first-order chi connectivity index (χ1) is 6.36. The van der Waals surface area contributed by atoms with Crippen LogP contribution in [0.5, 0.6) is 0 Å². The molecule has 0 aliphatic carbocycles. The Morgan fingerprint density at radius 2 is 2.31 bits per heavy atom. The van der Waals surface area contributed by atoms with Crippen LogP contribution < -0.4 is 0 Å². The quantitative estimate of drug-likeness (QED) is 0.621. The zero-order valence-corrected chi connectivity index (χ0v) is 9.70. The van der Waals surface area contributed by atoms with Crippen LogP contribution in [-0.4, -0.2) is 5.88 Å². The molecule has 0 radical (unpaired) electrons. The Morgan fingerprint density at radius 1 is 1.46 bits per heavy atom. The standard InChI is InChI=1S/C11H17ClS/c1-2-4-10(9-12)6-7-11-5-3-8-13-11/h3,5,8,10H,2,4,6-7,9H2,1H3. The van der Waals surface area contributed by atoms with Crippen molar-refractivity contribution in [3.63, 3.8) is 0 Å². The third-order valence-electron chi connectivity index (χ3n) is 2.29. The van der Waals surface area contributed by atoms with E-state index in [0.717, 1.165) is 5.88 Å². The van der Waals surface area contributed by atoms with Gasteiger partial charge in [0.1, 0.15) is 0 Å². The Labute approximate surface area is 89.9 Å². The largest absolute Gasteiger partial charge is 0.149 e. The first-order valence-electron chi connectivity index (χ1n) is 4.95. The van der Waals surface area contributed by atoms with E-state index in [1.807, 2.05) is 11.3 Å². The second-order valence-electron chi connectivity index (χ2n) is 3.43. The normalized spacial score (nSPS) is 13.1. The third kappa shape index (κ3) is 4.15. The van der Waals surface area contributed by atoms with E-state index in [9.17, 15) is 0 Å². The Balaban J connectivity index is 2.23. The number of hydrogen-bond acceptors (Lipinski definition) is 1. The average molecular weight is 217 g/mol. The molecule has 74 valence electrons. The van der Waals surface area contributed by atoms with E-state index < -0.39 is 0 Å². The second-order valence-corrected chi connectivity index (χ2v) is 4.77. The summed E-state index contributed by atoms with van der Waals surface area (Å²) in [6.45, 7) is 2.23. The molecule has 2 heteroatoms. The summed E-state index contributed by atoms with van der Waals surface area (Å²) in [5.74, 6) is 1.54. The molecule has 1 aromatic rings. The molecule has 0 amide bonds. The summed E-state index contributed by atoms with van der Waals surface area (Å²) in [5, 5.41) is 2.14. The van der Waals surface area contributed by atoms with Crippen LogP contribution in [0.25, 0.3) is 0 Å². The maximum Gasteiger partial charge on any atom is 0.0251 e. The molecular formula is C11H17ClS. The van der Waals surface area contributed by atoms with E-state index >= 15 is 0 Å². The Hall–Kier alpha value is -0.0100. The lowest BCUT2D eigenvalue weighted by Crippen LogP contribution is -2.02. The van der Waals surface area contributed by atoms with Crippen LogP contribution in [0.2, 0.25) is 0 Å². The van der Waals surface area contributed by atoms with Gasteiger partial charge >= 0.3 is 0 Å². The minimum atomic E-state index is 0.716. The topological polar surface area (TPSA) is 0 Å². The van der Waals surface area contributed by atoms with Crippen molar-refractivity contribution in [2.24, 2.45) is 5.92 Å². The SMILES string of the molecule is CCCC(CCl)CCc1cccs1. The zero-order chi connectivity index (χ0) is 9.52. The van der Waals surface area contributed by atoms with Gasteiger partial charge in [0.05, 0.1) is 0 Å². The maximum atomic E-state index is 5.89. The number of aryl methyl sites for hydroxylation is 1. The Morgan fingerprint density at radius 3 is 2.85 bits per heavy atom. The lowest BCUT2D eigenvalue weighted by molar-refractivity contribution is 0.493. The van der Waals surface area contributed by atoms with Gasteiger partial charge in [-0.15, -0.1) is 22.9 Å². The van der Waals surface area contributed by atoms with Crippen LogP contribution in [0.4, 0.5) is 0 Å². The molecule has 0 aromatic carbocycles. The van der Waals surface area contributed by atoms with Crippen molar-refractivity contribution in [1.82, 2.24) is 0 Å². The van der Waals surface area contributed by atoms with Crippen molar-refractivity contribution in [2.75, 3.05) is 5.88 Å². The first-order valence-corrected chi connectivity index (χ1v) is 6.36. The van der Waals surface area contributed by atoms with Gasteiger partial charge in [-0.05, 0) is 36.6 Å². The highest BCUT2D eigenvalue weighted by Gasteiger charge is 2.06. The molecule has 0 N–H and O–H groups in total. The van der Waals surface area contributed by atoms with Gasteiger partial charge in [-0.1, -0.05) is 19.4 Å². The molecule has 1 rings (SSSR count). The van der Waals surface area contributed by atoms with Crippen molar-refractivity contribution < 1.29 is 0 Å². The fourth-order valence-electron chi connectivity index (χ4n) is 1.51. The monoisotopic (exact) mass is 216 g/mol. The van der Waals surface area contributed by atoms with Gasteiger partial charge in [0.2, 0.25) is 0 Å². The molecule has 0 aliphatic heterocycles. The van der Waals surface area contributed by atoms with Crippen LogP contribution in [0.1, 0.15) is 31.1 Å². The van der Waals surface area contributed by atoms with Crippen molar-refractivity contribution >= 4 is 22.9 Å². The molecule has 0 spiro atoms. The zero-order valence-electron chi connectivity index (χ0n) is 8.13. The second kappa shape index (κ2) is 6.44. The molecule has 0 fully saturated rings. The number of rotatable bonds is 6. The highest BCUT2D eigenvalue weighted by molar-refractivity contribution is 7.09. The van der Waals surface area contributed by atoms with Crippen molar-refractivity contribution in [2.45, 2.75) is 32.6 Å². The van der Waals surface area contributed by atoms with Crippen LogP contribution >= 0.6 is 22.9 Å². The van der Waals surface area contributed by atoms with Crippen LogP contribution in [0.3, 0.4) is 0 Å². The van der Waals surface area contributed by atoms with Crippen molar-refractivity contribution in [1.29, 1.82) is 0 Å². The highest BCUT2D eigenvalue weighted by atomic mass is 35.5. The van der Waals surface area contributed by atoms with Gasteiger partial charge in [0.25, 0.3) is 0 Å². The average Bonchev–Trinajstić information content (AvgIpc) is 2.64. The summed E-state index contributed by atoms with van der Waals surface area (Å²) >= 11 is 7.74. The van der Waals surface area contributed by atoms with Gasteiger partial charge in [-0.2, -0.15) is 0 Å². The summed E-state index contributed by atoms with van der Waals surface area (Å²) in [7, 11) is 0. The first kappa shape index (κ1) is 11.1. The molecule has 1 atom stereocenters. The molecule has 0 aliphatic rings. The van der Waals surface area contributed by atoms with E-state index in [2.05, 4.69) is 24.4 Å². The molecule has 0 nitrogen and oxygen atoms in total. The van der Waals surface area contributed by atoms with E-state index in [1.165, 1.54) is 30.6 Å². The minimum absolute atomic E-state index is 0.716. The maximum absolute atomic E-state index is 5.89. The summed E-state index contributed by atoms with van der Waals surface area (Å²) in [6, 6.07) is 4.33. The number of hydrogen-bond donors (Lipinski definition) is 0. The van der Waals surface area contributed by atoms with Gasteiger partial charge in [-0.25, -0.2) is 0 Å².